The van der Waals surface area contributed by atoms with Gasteiger partial charge in [0.15, 0.2) is 0 Å². The van der Waals surface area contributed by atoms with Crippen LogP contribution in [0.2, 0.25) is 0 Å². The third-order valence-electron chi connectivity index (χ3n) is 4.66. The number of hydrogen-bond donors (Lipinski definition) is 1. The normalized spacial score (nSPS) is 11.2. The molecule has 0 aliphatic heterocycles. The van der Waals surface area contributed by atoms with Gasteiger partial charge in [0.1, 0.15) is 5.82 Å². The molecule has 0 fully saturated rings. The van der Waals surface area contributed by atoms with Crippen LogP contribution >= 0.6 is 0 Å². The fourth-order valence-electron chi connectivity index (χ4n) is 2.94. The molecule has 0 aliphatic carbocycles. The molecular weight excluding hydrogens is 391 g/mol. The van der Waals surface area contributed by atoms with Crippen LogP contribution in [-0.4, -0.2) is 21.4 Å². The number of carbonyl (C=O) groups excluding carboxylic acids is 1. The minimum atomic E-state index is -3.92. The maximum Gasteiger partial charge on any atom is 0.264 e. The molecule has 1 amide bonds. The quantitative estimate of drug-likeness (QED) is 0.670. The zero-order valence-electron chi connectivity index (χ0n) is 16.3. The Hall–Kier alpha value is -3.19. The standard InChI is InChI=1S/C22H21FN2O3S/c1-15-6-4-7-16(2)21(15)24-22(26)17-8-5-9-20(14-17)29(27,28)25(3)19-12-10-18(23)11-13-19/h4-14H,1-3H3,(H,24,26). The van der Waals surface area contributed by atoms with Crippen molar-refractivity contribution >= 4 is 27.3 Å². The molecule has 3 aromatic rings. The largest absolute Gasteiger partial charge is 0.322 e. The predicted octanol–water partition coefficient (Wildman–Crippen LogP) is 4.52. The molecule has 5 nitrogen and oxygen atoms in total. The molecule has 0 bridgehead atoms. The molecule has 7 heteroatoms. The van der Waals surface area contributed by atoms with Gasteiger partial charge in [-0.1, -0.05) is 24.3 Å². The van der Waals surface area contributed by atoms with E-state index < -0.39 is 21.7 Å². The van der Waals surface area contributed by atoms with Crippen molar-refractivity contribution < 1.29 is 17.6 Å². The molecule has 29 heavy (non-hydrogen) atoms. The van der Waals surface area contributed by atoms with Crippen molar-refractivity contribution in [3.63, 3.8) is 0 Å². The van der Waals surface area contributed by atoms with Crippen molar-refractivity contribution in [2.45, 2.75) is 18.7 Å². The van der Waals surface area contributed by atoms with Gasteiger partial charge in [-0.05, 0) is 67.4 Å². The van der Waals surface area contributed by atoms with E-state index in [-0.39, 0.29) is 10.5 Å². The van der Waals surface area contributed by atoms with Crippen LogP contribution in [0.15, 0.2) is 71.6 Å². The number of sulfonamides is 1. The molecule has 0 atom stereocenters. The number of anilines is 2. The molecule has 0 unspecified atom stereocenters. The van der Waals surface area contributed by atoms with E-state index in [9.17, 15) is 17.6 Å². The van der Waals surface area contributed by atoms with Gasteiger partial charge in [-0.3, -0.25) is 9.10 Å². The van der Waals surface area contributed by atoms with E-state index in [1.54, 1.807) is 6.07 Å². The van der Waals surface area contributed by atoms with Gasteiger partial charge in [0.2, 0.25) is 0 Å². The summed E-state index contributed by atoms with van der Waals surface area (Å²) in [6, 6.07) is 16.6. The van der Waals surface area contributed by atoms with E-state index in [1.807, 2.05) is 32.0 Å². The molecule has 0 aliphatic rings. The maximum atomic E-state index is 13.1. The van der Waals surface area contributed by atoms with Crippen LogP contribution in [0.3, 0.4) is 0 Å². The van der Waals surface area contributed by atoms with Gasteiger partial charge in [-0.15, -0.1) is 0 Å². The average molecular weight is 412 g/mol. The monoisotopic (exact) mass is 412 g/mol. The number of hydrogen-bond acceptors (Lipinski definition) is 3. The molecule has 0 spiro atoms. The molecule has 0 heterocycles. The van der Waals surface area contributed by atoms with E-state index in [4.69, 9.17) is 0 Å². The van der Waals surface area contributed by atoms with E-state index in [1.165, 1.54) is 49.5 Å². The first-order valence-electron chi connectivity index (χ1n) is 8.92. The summed E-state index contributed by atoms with van der Waals surface area (Å²) in [4.78, 5) is 12.7. The highest BCUT2D eigenvalue weighted by Crippen LogP contribution is 2.24. The number of amides is 1. The first-order valence-corrected chi connectivity index (χ1v) is 10.4. The fourth-order valence-corrected chi connectivity index (χ4v) is 4.18. The Labute approximate surface area is 169 Å². The van der Waals surface area contributed by atoms with E-state index in [2.05, 4.69) is 5.32 Å². The van der Waals surface area contributed by atoms with Crippen LogP contribution in [0.1, 0.15) is 21.5 Å². The molecular formula is C22H21FN2O3S. The number of nitrogens with zero attached hydrogens (tertiary/aromatic N) is 1. The number of rotatable bonds is 5. The topological polar surface area (TPSA) is 66.5 Å². The van der Waals surface area contributed by atoms with Crippen molar-refractivity contribution in [3.8, 4) is 0 Å². The summed E-state index contributed by atoms with van der Waals surface area (Å²) in [6.45, 7) is 3.78. The van der Waals surface area contributed by atoms with Gasteiger partial charge in [0.25, 0.3) is 15.9 Å². The van der Waals surface area contributed by atoms with Crippen LogP contribution < -0.4 is 9.62 Å². The van der Waals surface area contributed by atoms with Gasteiger partial charge < -0.3 is 5.32 Å². The Morgan fingerprint density at radius 2 is 1.52 bits per heavy atom. The van der Waals surface area contributed by atoms with E-state index >= 15 is 0 Å². The highest BCUT2D eigenvalue weighted by atomic mass is 32.2. The lowest BCUT2D eigenvalue weighted by molar-refractivity contribution is 0.102. The third kappa shape index (κ3) is 4.30. The lowest BCUT2D eigenvalue weighted by Crippen LogP contribution is -2.27. The van der Waals surface area contributed by atoms with E-state index in [0.29, 0.717) is 11.4 Å². The van der Waals surface area contributed by atoms with Crippen LogP contribution in [0.5, 0.6) is 0 Å². The molecule has 150 valence electrons. The minimum absolute atomic E-state index is 0.0292. The second-order valence-corrected chi connectivity index (χ2v) is 8.67. The lowest BCUT2D eigenvalue weighted by Gasteiger charge is -2.20. The van der Waals surface area contributed by atoms with Crippen LogP contribution in [0.25, 0.3) is 0 Å². The Balaban J connectivity index is 1.90. The summed E-state index contributed by atoms with van der Waals surface area (Å²) in [5.74, 6) is -0.853. The first-order chi connectivity index (χ1) is 13.7. The van der Waals surface area contributed by atoms with E-state index in [0.717, 1.165) is 15.4 Å². The van der Waals surface area contributed by atoms with Gasteiger partial charge in [-0.2, -0.15) is 0 Å². The minimum Gasteiger partial charge on any atom is -0.322 e. The Kier molecular flexibility index (Phi) is 5.70. The number of carbonyl (C=O) groups is 1. The van der Waals surface area contributed by atoms with Crippen molar-refractivity contribution in [3.05, 3.63) is 89.2 Å². The third-order valence-corrected chi connectivity index (χ3v) is 6.45. The number of nitrogens with one attached hydrogen (secondary N) is 1. The summed E-state index contributed by atoms with van der Waals surface area (Å²) in [7, 11) is -2.54. The molecule has 0 saturated heterocycles. The highest BCUT2D eigenvalue weighted by Gasteiger charge is 2.22. The molecule has 3 aromatic carbocycles. The number of halogens is 1. The maximum absolute atomic E-state index is 13.1. The van der Waals surface area contributed by atoms with Gasteiger partial charge in [-0.25, -0.2) is 12.8 Å². The number of benzene rings is 3. The SMILES string of the molecule is Cc1cccc(C)c1NC(=O)c1cccc(S(=O)(=O)N(C)c2ccc(F)cc2)c1. The summed E-state index contributed by atoms with van der Waals surface area (Å²) in [6.07, 6.45) is 0. The van der Waals surface area contributed by atoms with Crippen molar-refractivity contribution in [1.29, 1.82) is 0 Å². The van der Waals surface area contributed by atoms with Crippen molar-refractivity contribution in [1.82, 2.24) is 0 Å². The summed E-state index contributed by atoms with van der Waals surface area (Å²) in [5, 5.41) is 2.85. The zero-order valence-corrected chi connectivity index (χ0v) is 17.1. The van der Waals surface area contributed by atoms with Crippen molar-refractivity contribution in [2.24, 2.45) is 0 Å². The second kappa shape index (κ2) is 8.05. The Bertz CT molecular complexity index is 1140. The predicted molar refractivity (Wildman–Crippen MR) is 112 cm³/mol. The second-order valence-electron chi connectivity index (χ2n) is 6.70. The van der Waals surface area contributed by atoms with Gasteiger partial charge in [0, 0.05) is 18.3 Å². The van der Waals surface area contributed by atoms with Gasteiger partial charge in [0.05, 0.1) is 10.6 Å². The average Bonchev–Trinajstić information content (AvgIpc) is 2.71. The molecule has 0 radical (unpaired) electrons. The number of para-hydroxylation sites is 1. The number of aryl methyl sites for hydroxylation is 2. The Morgan fingerprint density at radius 3 is 2.14 bits per heavy atom. The summed E-state index contributed by atoms with van der Waals surface area (Å²) in [5.41, 5.74) is 3.07. The molecule has 0 saturated carbocycles. The lowest BCUT2D eigenvalue weighted by atomic mass is 10.1. The van der Waals surface area contributed by atoms with Crippen molar-refractivity contribution in [2.75, 3.05) is 16.7 Å². The molecule has 3 rings (SSSR count). The molecule has 1 N–H and O–H groups in total. The first kappa shape index (κ1) is 20.5. The summed E-state index contributed by atoms with van der Waals surface area (Å²) < 4.78 is 40.1. The molecule has 0 aromatic heterocycles. The smallest absolute Gasteiger partial charge is 0.264 e. The summed E-state index contributed by atoms with van der Waals surface area (Å²) >= 11 is 0. The van der Waals surface area contributed by atoms with Crippen LogP contribution in [-0.2, 0) is 10.0 Å². The zero-order chi connectivity index (χ0) is 21.2. The van der Waals surface area contributed by atoms with Crippen LogP contribution in [0, 0.1) is 19.7 Å². The van der Waals surface area contributed by atoms with Crippen LogP contribution in [0.4, 0.5) is 15.8 Å². The Morgan fingerprint density at radius 1 is 0.931 bits per heavy atom. The fraction of sp³-hybridized carbons (Fsp3) is 0.136. The van der Waals surface area contributed by atoms with Gasteiger partial charge >= 0.3 is 0 Å². The highest BCUT2D eigenvalue weighted by molar-refractivity contribution is 7.92.